The van der Waals surface area contributed by atoms with E-state index in [0.29, 0.717) is 17.3 Å². The first-order valence-electron chi connectivity index (χ1n) is 8.37. The van der Waals surface area contributed by atoms with Crippen molar-refractivity contribution in [3.63, 3.8) is 0 Å². The van der Waals surface area contributed by atoms with Gasteiger partial charge in [0.05, 0.1) is 0 Å². The zero-order valence-corrected chi connectivity index (χ0v) is 14.5. The summed E-state index contributed by atoms with van der Waals surface area (Å²) in [5.74, 6) is 1.53. The third-order valence-electron chi connectivity index (χ3n) is 4.82. The summed E-state index contributed by atoms with van der Waals surface area (Å²) in [6, 6.07) is 5.81. The number of hydrogen-bond donors (Lipinski definition) is 0. The highest BCUT2D eigenvalue weighted by Crippen LogP contribution is 2.35. The predicted molar refractivity (Wildman–Crippen MR) is 96.9 cm³/mol. The van der Waals surface area contributed by atoms with Crippen LogP contribution < -0.4 is 4.90 Å². The van der Waals surface area contributed by atoms with Crippen molar-refractivity contribution in [2.45, 2.75) is 18.8 Å². The summed E-state index contributed by atoms with van der Waals surface area (Å²) in [4.78, 5) is 18.4. The van der Waals surface area contributed by atoms with Crippen molar-refractivity contribution in [2.75, 3.05) is 18.0 Å². The van der Waals surface area contributed by atoms with Gasteiger partial charge in [0.25, 0.3) is 4.96 Å². The second-order valence-electron chi connectivity index (χ2n) is 6.34. The number of nitrogens with zero attached hydrogens (tertiary/aromatic N) is 7. The Labute approximate surface area is 151 Å². The van der Waals surface area contributed by atoms with Crippen LogP contribution in [0.1, 0.15) is 24.6 Å². The van der Waals surface area contributed by atoms with Gasteiger partial charge in [0.2, 0.25) is 5.82 Å². The minimum absolute atomic E-state index is 0.0352. The topological polar surface area (TPSA) is 93.9 Å². The summed E-state index contributed by atoms with van der Waals surface area (Å²) in [6.45, 7) is 1.39. The Hall–Kier alpha value is -3.01. The van der Waals surface area contributed by atoms with Gasteiger partial charge in [-0.3, -0.25) is 4.40 Å². The van der Waals surface area contributed by atoms with E-state index in [4.69, 9.17) is 0 Å². The van der Waals surface area contributed by atoms with Crippen molar-refractivity contribution in [3.05, 3.63) is 51.9 Å². The number of thiazole rings is 1. The third kappa shape index (κ3) is 2.25. The van der Waals surface area contributed by atoms with Gasteiger partial charge < -0.3 is 15.0 Å². The van der Waals surface area contributed by atoms with Gasteiger partial charge in [-0.05, 0) is 29.9 Å². The van der Waals surface area contributed by atoms with Crippen LogP contribution in [0.15, 0.2) is 36.0 Å². The molecule has 0 saturated carbocycles. The van der Waals surface area contributed by atoms with Crippen molar-refractivity contribution >= 4 is 33.6 Å². The molecule has 1 aliphatic rings. The number of piperidine rings is 1. The Balaban J connectivity index is 1.53. The standard InChI is InChI=1S/C16H15N7O2S/c24-23(25)15-14(17-16-22(15)8-9-26-16)20-6-3-4-11(10-20)13-19-18-12-5-1-2-7-21(12)13/h1-2,5,7-9,11H,3-4,6,10H2. The van der Waals surface area contributed by atoms with Gasteiger partial charge in [0.15, 0.2) is 5.65 Å². The monoisotopic (exact) mass is 369 g/mol. The fourth-order valence-corrected chi connectivity index (χ4v) is 4.37. The Morgan fingerprint density at radius 1 is 1.23 bits per heavy atom. The van der Waals surface area contributed by atoms with E-state index in [9.17, 15) is 10.1 Å². The zero-order valence-electron chi connectivity index (χ0n) is 13.7. The largest absolute Gasteiger partial charge is 0.373 e. The molecule has 1 unspecified atom stereocenters. The number of pyridine rings is 1. The van der Waals surface area contributed by atoms with Gasteiger partial charge in [-0.1, -0.05) is 17.4 Å². The number of fused-ring (bicyclic) bond motifs is 2. The molecule has 0 aromatic carbocycles. The molecule has 1 saturated heterocycles. The third-order valence-corrected chi connectivity index (χ3v) is 5.57. The van der Waals surface area contributed by atoms with Gasteiger partial charge in [-0.25, -0.2) is 0 Å². The highest BCUT2D eigenvalue weighted by atomic mass is 32.1. The highest BCUT2D eigenvalue weighted by molar-refractivity contribution is 7.15. The molecule has 0 spiro atoms. The fourth-order valence-electron chi connectivity index (χ4n) is 3.66. The average Bonchev–Trinajstić information content (AvgIpc) is 3.35. The molecule has 1 aliphatic heterocycles. The van der Waals surface area contributed by atoms with E-state index in [1.165, 1.54) is 11.3 Å². The van der Waals surface area contributed by atoms with E-state index < -0.39 is 0 Å². The molecule has 0 aliphatic carbocycles. The van der Waals surface area contributed by atoms with E-state index in [-0.39, 0.29) is 16.7 Å². The maximum Gasteiger partial charge on any atom is 0.373 e. The summed E-state index contributed by atoms with van der Waals surface area (Å²) >= 11 is 1.40. The summed E-state index contributed by atoms with van der Waals surface area (Å²) in [5.41, 5.74) is 0.813. The molecule has 4 aromatic rings. The van der Waals surface area contributed by atoms with E-state index in [0.717, 1.165) is 30.9 Å². The highest BCUT2D eigenvalue weighted by Gasteiger charge is 2.32. The molecule has 5 heterocycles. The van der Waals surface area contributed by atoms with Crippen LogP contribution in [0.4, 0.5) is 11.6 Å². The SMILES string of the molecule is O=[N+]([O-])c1c(N2CCCC(c3nnc4ccccn34)C2)nc2sccn12. The lowest BCUT2D eigenvalue weighted by Gasteiger charge is -2.31. The first-order valence-corrected chi connectivity index (χ1v) is 9.25. The molecule has 1 fully saturated rings. The molecule has 0 bridgehead atoms. The van der Waals surface area contributed by atoms with Gasteiger partial charge in [-0.2, -0.15) is 9.38 Å². The molecular weight excluding hydrogens is 354 g/mol. The maximum atomic E-state index is 11.6. The van der Waals surface area contributed by atoms with Crippen molar-refractivity contribution in [3.8, 4) is 0 Å². The second kappa shape index (κ2) is 5.77. The summed E-state index contributed by atoms with van der Waals surface area (Å²) in [5, 5.41) is 22.0. The Morgan fingerprint density at radius 3 is 3.04 bits per heavy atom. The van der Waals surface area contributed by atoms with Crippen LogP contribution in [-0.4, -0.2) is 42.0 Å². The lowest BCUT2D eigenvalue weighted by atomic mass is 9.97. The van der Waals surface area contributed by atoms with Crippen molar-refractivity contribution in [1.82, 2.24) is 24.0 Å². The van der Waals surface area contributed by atoms with Crippen LogP contribution in [0.5, 0.6) is 0 Å². The molecule has 1 atom stereocenters. The molecule has 5 rings (SSSR count). The zero-order chi connectivity index (χ0) is 17.7. The fraction of sp³-hybridized carbons (Fsp3) is 0.312. The minimum atomic E-state index is -0.349. The Kier molecular flexibility index (Phi) is 3.38. The van der Waals surface area contributed by atoms with Gasteiger partial charge in [0.1, 0.15) is 12.0 Å². The van der Waals surface area contributed by atoms with Crippen LogP contribution in [0.25, 0.3) is 10.6 Å². The van der Waals surface area contributed by atoms with Crippen LogP contribution in [0.3, 0.4) is 0 Å². The minimum Gasteiger partial charge on any atom is -0.358 e. The smallest absolute Gasteiger partial charge is 0.358 e. The van der Waals surface area contributed by atoms with Gasteiger partial charge >= 0.3 is 5.82 Å². The molecule has 0 amide bonds. The van der Waals surface area contributed by atoms with Crippen molar-refractivity contribution in [2.24, 2.45) is 0 Å². The number of rotatable bonds is 3. The van der Waals surface area contributed by atoms with Crippen molar-refractivity contribution in [1.29, 1.82) is 0 Å². The van der Waals surface area contributed by atoms with Gasteiger partial charge in [0, 0.05) is 30.6 Å². The Bertz CT molecular complexity index is 1110. The first kappa shape index (κ1) is 15.3. The maximum absolute atomic E-state index is 11.6. The quantitative estimate of drug-likeness (QED) is 0.407. The van der Waals surface area contributed by atoms with E-state index in [1.54, 1.807) is 16.0 Å². The second-order valence-corrected chi connectivity index (χ2v) is 7.22. The predicted octanol–water partition coefficient (Wildman–Crippen LogP) is 2.73. The molecule has 9 nitrogen and oxygen atoms in total. The summed E-state index contributed by atoms with van der Waals surface area (Å²) in [7, 11) is 0. The Morgan fingerprint density at radius 2 is 2.15 bits per heavy atom. The average molecular weight is 369 g/mol. The number of imidazole rings is 1. The lowest BCUT2D eigenvalue weighted by molar-refractivity contribution is -0.389. The number of anilines is 1. The number of aromatic nitrogens is 5. The number of hydrogen-bond acceptors (Lipinski definition) is 7. The van der Waals surface area contributed by atoms with E-state index in [1.807, 2.05) is 33.7 Å². The van der Waals surface area contributed by atoms with Crippen LogP contribution in [-0.2, 0) is 0 Å². The van der Waals surface area contributed by atoms with Crippen LogP contribution in [0, 0.1) is 10.1 Å². The van der Waals surface area contributed by atoms with Crippen LogP contribution >= 0.6 is 11.3 Å². The van der Waals surface area contributed by atoms with Gasteiger partial charge in [-0.15, -0.1) is 10.2 Å². The first-order chi connectivity index (χ1) is 12.7. The van der Waals surface area contributed by atoms with E-state index in [2.05, 4.69) is 15.2 Å². The summed E-state index contributed by atoms with van der Waals surface area (Å²) < 4.78 is 3.55. The molecule has 10 heteroatoms. The molecule has 0 N–H and O–H groups in total. The molecule has 0 radical (unpaired) electrons. The van der Waals surface area contributed by atoms with Crippen LogP contribution in [0.2, 0.25) is 0 Å². The molecule has 26 heavy (non-hydrogen) atoms. The normalized spacial score (nSPS) is 18.0. The molecule has 132 valence electrons. The lowest BCUT2D eigenvalue weighted by Crippen LogP contribution is -2.35. The number of nitro groups is 1. The molecule has 4 aromatic heterocycles. The molecular formula is C16H15N7O2S. The van der Waals surface area contributed by atoms with E-state index >= 15 is 0 Å². The summed E-state index contributed by atoms with van der Waals surface area (Å²) in [6.07, 6.45) is 5.55. The van der Waals surface area contributed by atoms with Crippen molar-refractivity contribution < 1.29 is 4.92 Å².